The fourth-order valence-corrected chi connectivity index (χ4v) is 2.86. The maximum atomic E-state index is 10.0. The van der Waals surface area contributed by atoms with E-state index in [1.165, 1.54) is 7.11 Å². The minimum Gasteiger partial charge on any atom is -0.386 e. The summed E-state index contributed by atoms with van der Waals surface area (Å²) in [6, 6.07) is 9.60. The molecule has 1 aromatic carbocycles. The average molecular weight is 301 g/mol. The highest BCUT2D eigenvalue weighted by atomic mass is 35.5. The third-order valence-corrected chi connectivity index (χ3v) is 4.10. The van der Waals surface area contributed by atoms with Gasteiger partial charge in [-0.05, 0) is 0 Å². The topological polar surface area (TPSA) is 57.2 Å². The van der Waals surface area contributed by atoms with Crippen molar-refractivity contribution in [2.24, 2.45) is 0 Å². The van der Waals surface area contributed by atoms with Gasteiger partial charge in [-0.3, -0.25) is 0 Å². The Labute approximate surface area is 122 Å². The molecule has 0 bridgehead atoms. The minimum absolute atomic E-state index is 0.342. The van der Waals surface area contributed by atoms with E-state index in [2.05, 4.69) is 0 Å². The summed E-state index contributed by atoms with van der Waals surface area (Å²) in [6.07, 6.45) is -2.95. The Morgan fingerprint density at radius 1 is 1.25 bits per heavy atom. The van der Waals surface area contributed by atoms with Crippen molar-refractivity contribution in [3.05, 3.63) is 35.9 Å². The number of benzene rings is 1. The molecule has 1 aromatic rings. The lowest BCUT2D eigenvalue weighted by Crippen LogP contribution is -2.60. The number of hydrogen-bond donors (Lipinski definition) is 1. The fourth-order valence-electron chi connectivity index (χ4n) is 2.52. The molecule has 110 valence electrons. The third-order valence-electron chi connectivity index (χ3n) is 3.59. The van der Waals surface area contributed by atoms with Crippen LogP contribution in [0.2, 0.25) is 0 Å². The van der Waals surface area contributed by atoms with Crippen molar-refractivity contribution in [2.75, 3.05) is 13.7 Å². The molecule has 0 radical (unpaired) electrons. The number of ether oxygens (including phenoxy) is 4. The summed E-state index contributed by atoms with van der Waals surface area (Å²) in [5.41, 5.74) is 0.915. The number of aliphatic hydroxyl groups excluding tert-OH is 1. The van der Waals surface area contributed by atoms with Gasteiger partial charge in [-0.1, -0.05) is 30.3 Å². The second kappa shape index (κ2) is 5.97. The first-order valence-electron chi connectivity index (χ1n) is 6.53. The van der Waals surface area contributed by atoms with Gasteiger partial charge in [-0.15, -0.1) is 11.6 Å². The summed E-state index contributed by atoms with van der Waals surface area (Å²) in [4.78, 5) is 0. The molecule has 0 amide bonds. The summed E-state index contributed by atoms with van der Waals surface area (Å²) >= 11 is 6.28. The van der Waals surface area contributed by atoms with E-state index in [1.54, 1.807) is 0 Å². The molecule has 0 aliphatic carbocycles. The summed E-state index contributed by atoms with van der Waals surface area (Å²) < 4.78 is 22.2. The maximum Gasteiger partial charge on any atom is 0.185 e. The molecule has 2 aliphatic heterocycles. The number of fused-ring (bicyclic) bond motifs is 1. The molecule has 0 saturated carbocycles. The highest BCUT2D eigenvalue weighted by Gasteiger charge is 2.48. The van der Waals surface area contributed by atoms with E-state index in [0.717, 1.165) is 5.56 Å². The Kier molecular flexibility index (Phi) is 4.26. The molecule has 0 aromatic heterocycles. The molecule has 0 spiro atoms. The average Bonchev–Trinajstić information content (AvgIpc) is 2.51. The monoisotopic (exact) mass is 300 g/mol. The molecule has 2 fully saturated rings. The zero-order valence-electron chi connectivity index (χ0n) is 11.0. The van der Waals surface area contributed by atoms with Gasteiger partial charge in [0.1, 0.15) is 18.3 Å². The lowest BCUT2D eigenvalue weighted by atomic mass is 10.0. The molecule has 6 atom stereocenters. The van der Waals surface area contributed by atoms with E-state index in [-0.39, 0.29) is 6.10 Å². The van der Waals surface area contributed by atoms with E-state index in [0.29, 0.717) is 6.61 Å². The third kappa shape index (κ3) is 2.57. The van der Waals surface area contributed by atoms with E-state index in [4.69, 9.17) is 30.5 Å². The SMILES string of the molecule is COC1O[C@@H]2CO[C@@H](c3ccccc3)O[C@H]2[C@H](Cl)[C@H]1O. The Morgan fingerprint density at radius 2 is 2.00 bits per heavy atom. The lowest BCUT2D eigenvalue weighted by Gasteiger charge is -2.45. The van der Waals surface area contributed by atoms with Crippen molar-refractivity contribution in [3.63, 3.8) is 0 Å². The maximum absolute atomic E-state index is 10.0. The van der Waals surface area contributed by atoms with E-state index >= 15 is 0 Å². The molecular weight excluding hydrogens is 284 g/mol. The standard InChI is InChI=1S/C14H17ClO5/c1-17-14-11(16)10(15)12-9(19-14)7-18-13(20-12)8-5-3-2-4-6-8/h2-6,9-14,16H,7H2,1H3/t9-,10-,11-,12-,13-,14?/m1/s1. The molecule has 2 aliphatic rings. The lowest BCUT2D eigenvalue weighted by molar-refractivity contribution is -0.331. The van der Waals surface area contributed by atoms with Crippen molar-refractivity contribution < 1.29 is 24.1 Å². The van der Waals surface area contributed by atoms with Crippen LogP contribution in [0.5, 0.6) is 0 Å². The van der Waals surface area contributed by atoms with Gasteiger partial charge in [0, 0.05) is 12.7 Å². The van der Waals surface area contributed by atoms with Gasteiger partial charge < -0.3 is 24.1 Å². The van der Waals surface area contributed by atoms with Crippen LogP contribution in [0.1, 0.15) is 11.9 Å². The van der Waals surface area contributed by atoms with Crippen LogP contribution in [0.4, 0.5) is 0 Å². The van der Waals surface area contributed by atoms with Crippen LogP contribution in [0.15, 0.2) is 30.3 Å². The number of methoxy groups -OCH3 is 1. The predicted octanol–water partition coefficient (Wildman–Crippen LogP) is 1.44. The summed E-state index contributed by atoms with van der Waals surface area (Å²) in [5, 5.41) is 9.43. The molecule has 1 N–H and O–H groups in total. The summed E-state index contributed by atoms with van der Waals surface area (Å²) in [5.74, 6) is 0. The van der Waals surface area contributed by atoms with Gasteiger partial charge in [-0.2, -0.15) is 0 Å². The van der Waals surface area contributed by atoms with Crippen LogP contribution in [-0.2, 0) is 18.9 Å². The predicted molar refractivity (Wildman–Crippen MR) is 71.3 cm³/mol. The van der Waals surface area contributed by atoms with Gasteiger partial charge in [0.15, 0.2) is 12.6 Å². The molecule has 1 unspecified atom stereocenters. The highest BCUT2D eigenvalue weighted by Crippen LogP contribution is 2.36. The number of halogens is 1. The van der Waals surface area contributed by atoms with Crippen LogP contribution in [0.25, 0.3) is 0 Å². The van der Waals surface area contributed by atoms with Crippen molar-refractivity contribution in [2.45, 2.75) is 36.3 Å². The van der Waals surface area contributed by atoms with Gasteiger partial charge in [0.25, 0.3) is 0 Å². The Balaban J connectivity index is 1.74. The molecule has 2 saturated heterocycles. The molecule has 2 heterocycles. The summed E-state index contributed by atoms with van der Waals surface area (Å²) in [7, 11) is 1.47. The Bertz CT molecular complexity index is 440. The van der Waals surface area contributed by atoms with Crippen LogP contribution in [0.3, 0.4) is 0 Å². The zero-order chi connectivity index (χ0) is 14.1. The van der Waals surface area contributed by atoms with Gasteiger partial charge in [0.2, 0.25) is 0 Å². The van der Waals surface area contributed by atoms with Gasteiger partial charge in [0.05, 0.1) is 12.0 Å². The van der Waals surface area contributed by atoms with Crippen molar-refractivity contribution >= 4 is 11.6 Å². The number of alkyl halides is 1. The quantitative estimate of drug-likeness (QED) is 0.838. The Hall–Kier alpha value is -0.690. The second-order valence-electron chi connectivity index (χ2n) is 4.89. The normalized spacial score (nSPS) is 41.1. The highest BCUT2D eigenvalue weighted by molar-refractivity contribution is 6.21. The molecule has 6 heteroatoms. The summed E-state index contributed by atoms with van der Waals surface area (Å²) in [6.45, 7) is 0.347. The van der Waals surface area contributed by atoms with E-state index in [9.17, 15) is 5.11 Å². The fraction of sp³-hybridized carbons (Fsp3) is 0.571. The number of aliphatic hydroxyl groups is 1. The van der Waals surface area contributed by atoms with Crippen molar-refractivity contribution in [1.29, 1.82) is 0 Å². The Morgan fingerprint density at radius 3 is 2.70 bits per heavy atom. The van der Waals surface area contributed by atoms with E-state index < -0.39 is 30.2 Å². The number of hydrogen-bond acceptors (Lipinski definition) is 5. The first-order chi connectivity index (χ1) is 9.70. The van der Waals surface area contributed by atoms with Crippen LogP contribution < -0.4 is 0 Å². The smallest absolute Gasteiger partial charge is 0.185 e. The molecule has 5 nitrogen and oxygen atoms in total. The molecule has 20 heavy (non-hydrogen) atoms. The molecule has 3 rings (SSSR count). The van der Waals surface area contributed by atoms with Crippen LogP contribution in [0, 0.1) is 0 Å². The first kappa shape index (κ1) is 14.3. The zero-order valence-corrected chi connectivity index (χ0v) is 11.8. The number of rotatable bonds is 2. The van der Waals surface area contributed by atoms with Crippen LogP contribution in [-0.4, -0.2) is 48.8 Å². The van der Waals surface area contributed by atoms with Crippen LogP contribution >= 0.6 is 11.6 Å². The largest absolute Gasteiger partial charge is 0.386 e. The molecular formula is C14H17ClO5. The second-order valence-corrected chi connectivity index (χ2v) is 5.39. The minimum atomic E-state index is -0.933. The van der Waals surface area contributed by atoms with Crippen molar-refractivity contribution in [3.8, 4) is 0 Å². The van der Waals surface area contributed by atoms with Gasteiger partial charge in [-0.25, -0.2) is 0 Å². The first-order valence-corrected chi connectivity index (χ1v) is 6.96. The van der Waals surface area contributed by atoms with Crippen molar-refractivity contribution in [1.82, 2.24) is 0 Å². The van der Waals surface area contributed by atoms with E-state index in [1.807, 2.05) is 30.3 Å². The van der Waals surface area contributed by atoms with Gasteiger partial charge >= 0.3 is 0 Å².